The molecule has 19 heavy (non-hydrogen) atoms. The van der Waals surface area contributed by atoms with Crippen LogP contribution in [0.5, 0.6) is 0 Å². The highest BCUT2D eigenvalue weighted by Crippen LogP contribution is 2.21. The minimum atomic E-state index is -0.0472. The van der Waals surface area contributed by atoms with Crippen molar-refractivity contribution in [2.45, 2.75) is 31.7 Å². The Hall–Kier alpha value is -1.00. The summed E-state index contributed by atoms with van der Waals surface area (Å²) < 4.78 is 5.51. The van der Waals surface area contributed by atoms with Gasteiger partial charge >= 0.3 is 0 Å². The molecule has 1 aromatic heterocycles. The van der Waals surface area contributed by atoms with Crippen LogP contribution in [0, 0.1) is 6.92 Å². The van der Waals surface area contributed by atoms with Crippen molar-refractivity contribution in [1.82, 2.24) is 9.80 Å². The molecule has 0 N–H and O–H groups in total. The van der Waals surface area contributed by atoms with Gasteiger partial charge in [-0.15, -0.1) is 11.6 Å². The van der Waals surface area contributed by atoms with E-state index in [0.717, 1.165) is 37.3 Å². The first-order valence-corrected chi connectivity index (χ1v) is 7.17. The molecule has 1 aliphatic heterocycles. The molecule has 1 fully saturated rings. The van der Waals surface area contributed by atoms with Gasteiger partial charge in [0.1, 0.15) is 5.76 Å². The molecule has 2 heterocycles. The zero-order chi connectivity index (χ0) is 14.0. The van der Waals surface area contributed by atoms with E-state index in [1.807, 2.05) is 18.9 Å². The lowest BCUT2D eigenvalue weighted by Crippen LogP contribution is -2.44. The monoisotopic (exact) mass is 284 g/mol. The highest BCUT2D eigenvalue weighted by Gasteiger charge is 2.26. The third-order valence-electron chi connectivity index (χ3n) is 3.93. The highest BCUT2D eigenvalue weighted by molar-refractivity contribution is 6.17. The van der Waals surface area contributed by atoms with Gasteiger partial charge in [-0.3, -0.25) is 4.79 Å². The van der Waals surface area contributed by atoms with Crippen molar-refractivity contribution in [3.8, 4) is 0 Å². The number of rotatable bonds is 3. The molecule has 1 aromatic rings. The fourth-order valence-corrected chi connectivity index (χ4v) is 2.75. The van der Waals surface area contributed by atoms with Crippen LogP contribution in [0.3, 0.4) is 0 Å². The Morgan fingerprint density at radius 1 is 1.53 bits per heavy atom. The Morgan fingerprint density at radius 3 is 2.68 bits per heavy atom. The lowest BCUT2D eigenvalue weighted by atomic mass is 10.0. The molecule has 5 heteroatoms. The molecule has 0 saturated carbocycles. The van der Waals surface area contributed by atoms with Gasteiger partial charge in [-0.05, 0) is 46.0 Å². The van der Waals surface area contributed by atoms with E-state index in [2.05, 4.69) is 11.9 Å². The van der Waals surface area contributed by atoms with Gasteiger partial charge in [0.2, 0.25) is 0 Å². The van der Waals surface area contributed by atoms with Crippen molar-refractivity contribution >= 4 is 17.5 Å². The zero-order valence-corrected chi connectivity index (χ0v) is 12.5. The van der Waals surface area contributed by atoms with E-state index in [1.165, 1.54) is 0 Å². The van der Waals surface area contributed by atoms with Gasteiger partial charge < -0.3 is 14.2 Å². The number of amides is 1. The second kappa shape index (κ2) is 5.97. The SMILES string of the molecule is Cc1oc(C(=O)N(C)C2CCN(C)CC2)cc1CCl. The predicted molar refractivity (Wildman–Crippen MR) is 75.6 cm³/mol. The largest absolute Gasteiger partial charge is 0.456 e. The summed E-state index contributed by atoms with van der Waals surface area (Å²) >= 11 is 5.80. The summed E-state index contributed by atoms with van der Waals surface area (Å²) in [6.45, 7) is 3.91. The third kappa shape index (κ3) is 3.12. The number of hydrogen-bond donors (Lipinski definition) is 0. The Kier molecular flexibility index (Phi) is 4.53. The van der Waals surface area contributed by atoms with Crippen molar-refractivity contribution in [2.75, 3.05) is 27.2 Å². The summed E-state index contributed by atoms with van der Waals surface area (Å²) in [4.78, 5) is 16.5. The molecular weight excluding hydrogens is 264 g/mol. The molecule has 2 rings (SSSR count). The molecule has 0 bridgehead atoms. The smallest absolute Gasteiger partial charge is 0.289 e. The number of likely N-dealkylation sites (tertiary alicyclic amines) is 1. The molecule has 1 aliphatic rings. The van der Waals surface area contributed by atoms with Crippen LogP contribution < -0.4 is 0 Å². The van der Waals surface area contributed by atoms with Crippen LogP contribution in [0.4, 0.5) is 0 Å². The number of carbonyl (C=O) groups excluding carboxylic acids is 1. The first kappa shape index (κ1) is 14.4. The standard InChI is InChI=1S/C14H21ClN2O2/c1-10-11(9-15)8-13(19-10)14(18)17(3)12-4-6-16(2)7-5-12/h8,12H,4-7,9H2,1-3H3. The zero-order valence-electron chi connectivity index (χ0n) is 11.8. The van der Waals surface area contributed by atoms with Crippen molar-refractivity contribution < 1.29 is 9.21 Å². The Labute approximate surface area is 119 Å². The molecule has 0 spiro atoms. The summed E-state index contributed by atoms with van der Waals surface area (Å²) in [5.41, 5.74) is 0.891. The van der Waals surface area contributed by atoms with Gasteiger partial charge in [0, 0.05) is 18.7 Å². The Bertz CT molecular complexity index is 450. The minimum absolute atomic E-state index is 0.0472. The van der Waals surface area contributed by atoms with Crippen LogP contribution >= 0.6 is 11.6 Å². The van der Waals surface area contributed by atoms with Crippen molar-refractivity contribution in [3.63, 3.8) is 0 Å². The second-order valence-electron chi connectivity index (χ2n) is 5.28. The van der Waals surface area contributed by atoms with E-state index >= 15 is 0 Å². The fourth-order valence-electron chi connectivity index (χ4n) is 2.48. The molecule has 0 unspecified atom stereocenters. The van der Waals surface area contributed by atoms with E-state index in [0.29, 0.717) is 17.7 Å². The summed E-state index contributed by atoms with van der Waals surface area (Å²) in [7, 11) is 3.97. The molecule has 0 aromatic carbocycles. The fraction of sp³-hybridized carbons (Fsp3) is 0.643. The number of piperidine rings is 1. The van der Waals surface area contributed by atoms with Crippen molar-refractivity contribution in [3.05, 3.63) is 23.2 Å². The van der Waals surface area contributed by atoms with Gasteiger partial charge in [-0.2, -0.15) is 0 Å². The molecule has 0 radical (unpaired) electrons. The molecule has 106 valence electrons. The van der Waals surface area contributed by atoms with Crippen molar-refractivity contribution in [2.24, 2.45) is 0 Å². The van der Waals surface area contributed by atoms with Crippen LogP contribution in [0.2, 0.25) is 0 Å². The van der Waals surface area contributed by atoms with Gasteiger partial charge in [0.25, 0.3) is 5.91 Å². The summed E-state index contributed by atoms with van der Waals surface area (Å²) in [6.07, 6.45) is 2.03. The summed E-state index contributed by atoms with van der Waals surface area (Å²) in [6, 6.07) is 2.06. The molecule has 0 aliphatic carbocycles. The van der Waals surface area contributed by atoms with Crippen LogP contribution in [0.15, 0.2) is 10.5 Å². The Balaban J connectivity index is 2.05. The summed E-state index contributed by atoms with van der Waals surface area (Å²) in [5.74, 6) is 1.46. The van der Waals surface area contributed by atoms with E-state index in [1.54, 1.807) is 6.07 Å². The maximum absolute atomic E-state index is 12.4. The Morgan fingerprint density at radius 2 is 2.16 bits per heavy atom. The molecule has 0 atom stereocenters. The maximum atomic E-state index is 12.4. The number of nitrogens with zero attached hydrogens (tertiary/aromatic N) is 2. The van der Waals surface area contributed by atoms with Gasteiger partial charge in [0.15, 0.2) is 5.76 Å². The van der Waals surface area contributed by atoms with Crippen molar-refractivity contribution in [1.29, 1.82) is 0 Å². The van der Waals surface area contributed by atoms with E-state index in [4.69, 9.17) is 16.0 Å². The average Bonchev–Trinajstić information content (AvgIpc) is 2.79. The number of hydrogen-bond acceptors (Lipinski definition) is 3. The normalized spacial score (nSPS) is 17.7. The highest BCUT2D eigenvalue weighted by atomic mass is 35.5. The predicted octanol–water partition coefficient (Wildman–Crippen LogP) is 2.49. The van der Waals surface area contributed by atoms with E-state index in [9.17, 15) is 4.79 Å². The van der Waals surface area contributed by atoms with Gasteiger partial charge in [0.05, 0.1) is 5.88 Å². The van der Waals surface area contributed by atoms with E-state index < -0.39 is 0 Å². The number of halogens is 1. The number of furan rings is 1. The number of aryl methyl sites for hydroxylation is 1. The minimum Gasteiger partial charge on any atom is -0.456 e. The number of alkyl halides is 1. The molecule has 4 nitrogen and oxygen atoms in total. The topological polar surface area (TPSA) is 36.7 Å². The third-order valence-corrected chi connectivity index (χ3v) is 4.22. The van der Waals surface area contributed by atoms with Crippen LogP contribution in [-0.4, -0.2) is 48.9 Å². The van der Waals surface area contributed by atoms with Crippen LogP contribution in [-0.2, 0) is 5.88 Å². The van der Waals surface area contributed by atoms with Gasteiger partial charge in [-0.25, -0.2) is 0 Å². The molecule has 1 saturated heterocycles. The molecular formula is C14H21ClN2O2. The second-order valence-corrected chi connectivity index (χ2v) is 5.54. The van der Waals surface area contributed by atoms with Crippen LogP contribution in [0.25, 0.3) is 0 Å². The lowest BCUT2D eigenvalue weighted by Gasteiger charge is -2.34. The van der Waals surface area contributed by atoms with Crippen LogP contribution in [0.1, 0.15) is 34.7 Å². The first-order chi connectivity index (χ1) is 9.02. The first-order valence-electron chi connectivity index (χ1n) is 6.64. The number of carbonyl (C=O) groups is 1. The van der Waals surface area contributed by atoms with E-state index in [-0.39, 0.29) is 5.91 Å². The van der Waals surface area contributed by atoms with Gasteiger partial charge in [-0.1, -0.05) is 0 Å². The quantitative estimate of drug-likeness (QED) is 0.800. The maximum Gasteiger partial charge on any atom is 0.289 e. The summed E-state index contributed by atoms with van der Waals surface area (Å²) in [5, 5.41) is 0. The molecule has 1 amide bonds. The lowest BCUT2D eigenvalue weighted by molar-refractivity contribution is 0.0627. The average molecular weight is 285 g/mol.